The Balaban J connectivity index is 1.47. The summed E-state index contributed by atoms with van der Waals surface area (Å²) in [5.41, 5.74) is 0.871. The topological polar surface area (TPSA) is 62.3 Å². The molecule has 1 fully saturated rings. The van der Waals surface area contributed by atoms with Crippen LogP contribution >= 0.6 is 12.2 Å². The number of pyridine rings is 2. The number of thiocarbonyl (C=S) groups is 1. The standard InChI is InChI=1S/C19H24FN5OS/c1-14(20)13-26-17-4-8-22-18(11-17)25-9-5-15(6-10-25)23-19(27)24-16-3-2-7-21-12-16/h2-4,7-8,11-12,14-15H,5-6,9-10,13H2,1H3,(H2,23,24,27). The van der Waals surface area contributed by atoms with Gasteiger partial charge >= 0.3 is 0 Å². The van der Waals surface area contributed by atoms with Crippen LogP contribution in [0, 0.1) is 0 Å². The molecule has 0 saturated carbocycles. The van der Waals surface area contributed by atoms with Crippen molar-refractivity contribution in [3.05, 3.63) is 42.9 Å². The summed E-state index contributed by atoms with van der Waals surface area (Å²) in [6.07, 6.45) is 6.06. The van der Waals surface area contributed by atoms with Crippen LogP contribution in [0.1, 0.15) is 19.8 Å². The first-order chi connectivity index (χ1) is 13.1. The van der Waals surface area contributed by atoms with Crippen molar-refractivity contribution in [3.8, 4) is 5.75 Å². The van der Waals surface area contributed by atoms with Gasteiger partial charge in [-0.3, -0.25) is 4.98 Å². The molecule has 0 aliphatic carbocycles. The molecule has 0 amide bonds. The van der Waals surface area contributed by atoms with Gasteiger partial charge in [-0.05, 0) is 50.2 Å². The minimum Gasteiger partial charge on any atom is -0.490 e. The Morgan fingerprint density at radius 1 is 1.37 bits per heavy atom. The van der Waals surface area contributed by atoms with Crippen molar-refractivity contribution in [2.24, 2.45) is 0 Å². The van der Waals surface area contributed by atoms with Crippen molar-refractivity contribution in [3.63, 3.8) is 0 Å². The highest BCUT2D eigenvalue weighted by Gasteiger charge is 2.21. The van der Waals surface area contributed by atoms with E-state index in [0.29, 0.717) is 16.9 Å². The molecule has 27 heavy (non-hydrogen) atoms. The van der Waals surface area contributed by atoms with Gasteiger partial charge in [0.2, 0.25) is 0 Å². The number of nitrogens with zero attached hydrogens (tertiary/aromatic N) is 3. The highest BCUT2D eigenvalue weighted by Crippen LogP contribution is 2.22. The molecule has 6 nitrogen and oxygen atoms in total. The van der Waals surface area contributed by atoms with E-state index in [1.54, 1.807) is 24.7 Å². The number of anilines is 2. The Morgan fingerprint density at radius 2 is 2.19 bits per heavy atom. The molecule has 1 aliphatic heterocycles. The van der Waals surface area contributed by atoms with Crippen molar-refractivity contribution < 1.29 is 9.13 Å². The van der Waals surface area contributed by atoms with E-state index in [0.717, 1.165) is 37.4 Å². The largest absolute Gasteiger partial charge is 0.490 e. The van der Waals surface area contributed by atoms with E-state index in [2.05, 4.69) is 25.5 Å². The van der Waals surface area contributed by atoms with Crippen LogP contribution in [0.15, 0.2) is 42.9 Å². The molecule has 3 heterocycles. The monoisotopic (exact) mass is 389 g/mol. The summed E-state index contributed by atoms with van der Waals surface area (Å²) in [4.78, 5) is 10.7. The molecule has 1 saturated heterocycles. The van der Waals surface area contributed by atoms with Crippen molar-refractivity contribution in [1.82, 2.24) is 15.3 Å². The molecule has 0 aromatic carbocycles. The van der Waals surface area contributed by atoms with Gasteiger partial charge in [0.15, 0.2) is 5.11 Å². The van der Waals surface area contributed by atoms with Gasteiger partial charge in [0.05, 0.1) is 11.9 Å². The Hall–Kier alpha value is -2.48. The minimum atomic E-state index is -0.993. The van der Waals surface area contributed by atoms with Crippen LogP contribution in [0.3, 0.4) is 0 Å². The van der Waals surface area contributed by atoms with Crippen LogP contribution in [-0.2, 0) is 0 Å². The van der Waals surface area contributed by atoms with Crippen LogP contribution in [0.5, 0.6) is 5.75 Å². The fourth-order valence-corrected chi connectivity index (χ4v) is 3.20. The average molecular weight is 390 g/mol. The smallest absolute Gasteiger partial charge is 0.171 e. The quantitative estimate of drug-likeness (QED) is 0.736. The molecular formula is C19H24FN5OS. The van der Waals surface area contributed by atoms with Crippen molar-refractivity contribution in [2.45, 2.75) is 32.0 Å². The molecular weight excluding hydrogens is 365 g/mol. The zero-order valence-electron chi connectivity index (χ0n) is 15.3. The van der Waals surface area contributed by atoms with Crippen LogP contribution in [0.25, 0.3) is 0 Å². The maximum atomic E-state index is 13.0. The fourth-order valence-electron chi connectivity index (χ4n) is 2.92. The maximum Gasteiger partial charge on any atom is 0.171 e. The molecule has 8 heteroatoms. The lowest BCUT2D eigenvalue weighted by Crippen LogP contribution is -2.46. The fraction of sp³-hybridized carbons (Fsp3) is 0.421. The SMILES string of the molecule is CC(F)COc1ccnc(N2CCC(NC(=S)Nc3cccnc3)CC2)c1. The maximum absolute atomic E-state index is 13.0. The number of hydrogen-bond donors (Lipinski definition) is 2. The highest BCUT2D eigenvalue weighted by molar-refractivity contribution is 7.80. The molecule has 2 aromatic rings. The molecule has 144 valence electrons. The first-order valence-electron chi connectivity index (χ1n) is 9.05. The van der Waals surface area contributed by atoms with Gasteiger partial charge in [-0.25, -0.2) is 9.37 Å². The van der Waals surface area contributed by atoms with E-state index in [9.17, 15) is 4.39 Å². The summed E-state index contributed by atoms with van der Waals surface area (Å²) < 4.78 is 18.4. The summed E-state index contributed by atoms with van der Waals surface area (Å²) in [6, 6.07) is 7.72. The molecule has 0 radical (unpaired) electrons. The summed E-state index contributed by atoms with van der Waals surface area (Å²) >= 11 is 5.38. The molecule has 3 rings (SSSR count). The third-order valence-electron chi connectivity index (χ3n) is 4.27. The summed E-state index contributed by atoms with van der Waals surface area (Å²) in [6.45, 7) is 3.26. The van der Waals surface area contributed by atoms with E-state index in [1.807, 2.05) is 18.2 Å². The second-order valence-electron chi connectivity index (χ2n) is 6.54. The van der Waals surface area contributed by atoms with Gasteiger partial charge < -0.3 is 20.3 Å². The van der Waals surface area contributed by atoms with E-state index < -0.39 is 6.17 Å². The van der Waals surface area contributed by atoms with Crippen LogP contribution in [0.4, 0.5) is 15.9 Å². The van der Waals surface area contributed by atoms with Crippen molar-refractivity contribution >= 4 is 28.8 Å². The first-order valence-corrected chi connectivity index (χ1v) is 9.46. The lowest BCUT2D eigenvalue weighted by atomic mass is 10.1. The van der Waals surface area contributed by atoms with Gasteiger partial charge in [-0.2, -0.15) is 0 Å². The predicted molar refractivity (Wildman–Crippen MR) is 109 cm³/mol. The molecule has 0 spiro atoms. The molecule has 2 N–H and O–H groups in total. The lowest BCUT2D eigenvalue weighted by molar-refractivity contribution is 0.209. The van der Waals surface area contributed by atoms with Crippen molar-refractivity contribution in [2.75, 3.05) is 29.9 Å². The number of hydrogen-bond acceptors (Lipinski definition) is 5. The number of piperidine rings is 1. The van der Waals surface area contributed by atoms with Gasteiger partial charge in [0.25, 0.3) is 0 Å². The summed E-state index contributed by atoms with van der Waals surface area (Å²) in [5.74, 6) is 1.50. The Morgan fingerprint density at radius 3 is 2.89 bits per heavy atom. The van der Waals surface area contributed by atoms with Crippen LogP contribution in [-0.4, -0.2) is 47.0 Å². The number of ether oxygens (including phenoxy) is 1. The third kappa shape index (κ3) is 6.02. The number of halogens is 1. The van der Waals surface area contributed by atoms with E-state index in [4.69, 9.17) is 17.0 Å². The minimum absolute atomic E-state index is 0.0524. The second kappa shape index (κ2) is 9.45. The number of alkyl halides is 1. The molecule has 1 unspecified atom stereocenters. The van der Waals surface area contributed by atoms with Gasteiger partial charge in [0.1, 0.15) is 24.3 Å². The molecule has 2 aromatic heterocycles. The summed E-state index contributed by atoms with van der Waals surface area (Å²) in [5, 5.41) is 7.12. The van der Waals surface area contributed by atoms with E-state index in [1.165, 1.54) is 6.92 Å². The second-order valence-corrected chi connectivity index (χ2v) is 6.95. The molecule has 0 bridgehead atoms. The number of aromatic nitrogens is 2. The predicted octanol–water partition coefficient (Wildman–Crippen LogP) is 3.17. The number of rotatable bonds is 6. The normalized spacial score (nSPS) is 15.9. The third-order valence-corrected chi connectivity index (χ3v) is 4.49. The zero-order valence-corrected chi connectivity index (χ0v) is 16.1. The van der Waals surface area contributed by atoms with Crippen LogP contribution in [0.2, 0.25) is 0 Å². The van der Waals surface area contributed by atoms with Crippen LogP contribution < -0.4 is 20.3 Å². The number of nitrogens with one attached hydrogen (secondary N) is 2. The van der Waals surface area contributed by atoms with Crippen molar-refractivity contribution in [1.29, 1.82) is 0 Å². The van der Waals surface area contributed by atoms with E-state index in [-0.39, 0.29) is 6.61 Å². The van der Waals surface area contributed by atoms with Gasteiger partial charge in [0, 0.05) is 37.6 Å². The first kappa shape index (κ1) is 19.3. The summed E-state index contributed by atoms with van der Waals surface area (Å²) in [7, 11) is 0. The molecule has 1 atom stereocenters. The Labute approximate surface area is 164 Å². The highest BCUT2D eigenvalue weighted by atomic mass is 32.1. The zero-order chi connectivity index (χ0) is 19.1. The van der Waals surface area contributed by atoms with E-state index >= 15 is 0 Å². The van der Waals surface area contributed by atoms with Gasteiger partial charge in [-0.15, -0.1) is 0 Å². The Kier molecular flexibility index (Phi) is 6.75. The Bertz CT molecular complexity index is 738. The van der Waals surface area contributed by atoms with Gasteiger partial charge in [-0.1, -0.05) is 0 Å². The lowest BCUT2D eigenvalue weighted by Gasteiger charge is -2.33. The average Bonchev–Trinajstić information content (AvgIpc) is 2.68. The molecule has 1 aliphatic rings.